The van der Waals surface area contributed by atoms with Crippen LogP contribution in [0.4, 0.5) is 15.9 Å². The summed E-state index contributed by atoms with van der Waals surface area (Å²) in [4.78, 5) is 36.1. The molecule has 0 spiro atoms. The van der Waals surface area contributed by atoms with E-state index in [-0.39, 0.29) is 36.4 Å². The third-order valence-electron chi connectivity index (χ3n) is 8.02. The molecule has 11 heteroatoms. The summed E-state index contributed by atoms with van der Waals surface area (Å²) >= 11 is 0. The molecule has 42 heavy (non-hydrogen) atoms. The smallest absolute Gasteiger partial charge is 0.319 e. The van der Waals surface area contributed by atoms with Gasteiger partial charge in [0.1, 0.15) is 23.8 Å². The van der Waals surface area contributed by atoms with Gasteiger partial charge in [0.05, 0.1) is 36.8 Å². The number of fused-ring (bicyclic) bond motifs is 2. The van der Waals surface area contributed by atoms with Gasteiger partial charge in [-0.25, -0.2) is 11.0 Å². The van der Waals surface area contributed by atoms with E-state index in [2.05, 4.69) is 26.2 Å². The Morgan fingerprint density at radius 3 is 2.88 bits per heavy atom. The fourth-order valence-corrected chi connectivity index (χ4v) is 5.76. The molecule has 2 atom stereocenters. The van der Waals surface area contributed by atoms with Gasteiger partial charge in [-0.3, -0.25) is 9.78 Å². The number of amides is 1. The van der Waals surface area contributed by atoms with Crippen LogP contribution in [-0.4, -0.2) is 83.3 Å². The molecular formula is C31H34FN7O3. The summed E-state index contributed by atoms with van der Waals surface area (Å²) in [5.74, 6) is 0.298. The maximum atomic E-state index is 15.0. The van der Waals surface area contributed by atoms with Crippen molar-refractivity contribution >= 4 is 28.2 Å². The van der Waals surface area contributed by atoms with Crippen LogP contribution in [0.3, 0.4) is 0 Å². The Kier molecular flexibility index (Phi) is 7.89. The van der Waals surface area contributed by atoms with Crippen LogP contribution in [0.15, 0.2) is 43.2 Å². The zero-order chi connectivity index (χ0) is 29.2. The van der Waals surface area contributed by atoms with E-state index in [1.54, 1.807) is 23.4 Å². The van der Waals surface area contributed by atoms with Gasteiger partial charge in [-0.15, -0.1) is 0 Å². The molecule has 2 fully saturated rings. The average molecular weight is 572 g/mol. The number of pyridine rings is 1. The zero-order valence-corrected chi connectivity index (χ0v) is 23.7. The number of rotatable bonds is 9. The molecule has 1 aromatic carbocycles. The van der Waals surface area contributed by atoms with E-state index in [0.717, 1.165) is 41.0 Å². The third kappa shape index (κ3) is 5.72. The lowest BCUT2D eigenvalue weighted by atomic mass is 10.0. The second-order valence-electron chi connectivity index (χ2n) is 11.1. The first kappa shape index (κ1) is 27.8. The van der Waals surface area contributed by atoms with Gasteiger partial charge in [-0.05, 0) is 38.3 Å². The fourth-order valence-electron chi connectivity index (χ4n) is 5.76. The minimum Gasteiger partial charge on any atom is -0.458 e. The SMILES string of the molecule is [C-]#[N+]C[C@H]1CN(c2nc(O[C@@H](C)COC3CC3)nc3c2CCN(c2cncc4cccc(F)c24)C3)CCN1C(=O)C=C. The monoisotopic (exact) mass is 571 g/mol. The second-order valence-corrected chi connectivity index (χ2v) is 11.1. The lowest BCUT2D eigenvalue weighted by Crippen LogP contribution is -2.56. The van der Waals surface area contributed by atoms with Gasteiger partial charge in [0.15, 0.2) is 0 Å². The molecule has 1 amide bonds. The Hall–Kier alpha value is -4.30. The van der Waals surface area contributed by atoms with Gasteiger partial charge in [-0.1, -0.05) is 18.7 Å². The number of nitrogens with zero attached hydrogens (tertiary/aromatic N) is 7. The Bertz CT molecular complexity index is 1530. The zero-order valence-electron chi connectivity index (χ0n) is 23.7. The lowest BCUT2D eigenvalue weighted by molar-refractivity contribution is -0.128. The van der Waals surface area contributed by atoms with E-state index in [4.69, 9.17) is 26.0 Å². The molecule has 10 nitrogen and oxygen atoms in total. The molecule has 218 valence electrons. The van der Waals surface area contributed by atoms with Crippen LogP contribution in [-0.2, 0) is 22.5 Å². The average Bonchev–Trinajstić information content (AvgIpc) is 3.84. The van der Waals surface area contributed by atoms with Crippen LogP contribution in [0.1, 0.15) is 31.0 Å². The van der Waals surface area contributed by atoms with Gasteiger partial charge in [-0.2, -0.15) is 9.97 Å². The minimum absolute atomic E-state index is 0.173. The number of anilines is 2. The number of hydrogen-bond donors (Lipinski definition) is 0. The summed E-state index contributed by atoms with van der Waals surface area (Å²) in [7, 11) is 0. The summed E-state index contributed by atoms with van der Waals surface area (Å²) in [6.07, 6.45) is 7.55. The molecule has 3 aliphatic rings. The Morgan fingerprint density at radius 2 is 2.10 bits per heavy atom. The largest absolute Gasteiger partial charge is 0.458 e. The van der Waals surface area contributed by atoms with Crippen molar-refractivity contribution in [2.75, 3.05) is 49.1 Å². The van der Waals surface area contributed by atoms with Crippen LogP contribution in [0.25, 0.3) is 15.6 Å². The van der Waals surface area contributed by atoms with Gasteiger partial charge in [0.2, 0.25) is 12.5 Å². The number of hydrogen-bond acceptors (Lipinski definition) is 8. The van der Waals surface area contributed by atoms with Crippen LogP contribution in [0, 0.1) is 12.4 Å². The first-order valence-electron chi connectivity index (χ1n) is 14.4. The van der Waals surface area contributed by atoms with Crippen molar-refractivity contribution in [3.8, 4) is 6.01 Å². The highest BCUT2D eigenvalue weighted by Gasteiger charge is 2.35. The van der Waals surface area contributed by atoms with Crippen LogP contribution >= 0.6 is 0 Å². The second kappa shape index (κ2) is 11.9. The predicted octanol–water partition coefficient (Wildman–Crippen LogP) is 3.80. The van der Waals surface area contributed by atoms with Gasteiger partial charge in [0, 0.05) is 48.7 Å². The topological polar surface area (TPSA) is 88.3 Å². The molecule has 3 aromatic rings. The molecule has 0 bridgehead atoms. The Morgan fingerprint density at radius 1 is 1.24 bits per heavy atom. The van der Waals surface area contributed by atoms with Crippen LogP contribution in [0.5, 0.6) is 6.01 Å². The number of aromatic nitrogens is 3. The van der Waals surface area contributed by atoms with Crippen LogP contribution < -0.4 is 14.5 Å². The van der Waals surface area contributed by atoms with Crippen molar-refractivity contribution in [1.29, 1.82) is 0 Å². The molecule has 1 saturated carbocycles. The number of ether oxygens (including phenoxy) is 2. The summed E-state index contributed by atoms with van der Waals surface area (Å²) in [5.41, 5.74) is 2.52. The molecule has 0 N–H and O–H groups in total. The molecule has 0 unspecified atom stereocenters. The lowest BCUT2D eigenvalue weighted by Gasteiger charge is -2.41. The van der Waals surface area contributed by atoms with Gasteiger partial charge in [0.25, 0.3) is 0 Å². The van der Waals surface area contributed by atoms with E-state index in [1.165, 1.54) is 12.1 Å². The van der Waals surface area contributed by atoms with E-state index >= 15 is 0 Å². The third-order valence-corrected chi connectivity index (χ3v) is 8.02. The highest BCUT2D eigenvalue weighted by molar-refractivity contribution is 5.94. The predicted molar refractivity (Wildman–Crippen MR) is 157 cm³/mol. The van der Waals surface area contributed by atoms with Gasteiger partial charge < -0.3 is 29.0 Å². The van der Waals surface area contributed by atoms with E-state index in [9.17, 15) is 9.18 Å². The summed E-state index contributed by atoms with van der Waals surface area (Å²) in [6.45, 7) is 16.2. The standard InChI is InChI=1S/C31H34FN7O3/c1-4-28(40)39-13-12-38(17-22(39)15-33-3)30-24-10-11-37(27-16-34-14-21-6-5-7-25(32)29(21)27)18-26(24)35-31(36-30)42-20(2)19-41-23-8-9-23/h4-7,14,16,20,22-23H,1,8-13,15,17-19H2,2H3/t20-,22-/m0/s1. The molecule has 4 heterocycles. The fraction of sp³-hybridized carbons (Fsp3) is 0.452. The van der Waals surface area contributed by atoms with Crippen molar-refractivity contribution < 1.29 is 18.7 Å². The number of piperazine rings is 1. The molecule has 0 radical (unpaired) electrons. The quantitative estimate of drug-likeness (QED) is 0.283. The Balaban J connectivity index is 1.33. The number of halogens is 1. The molecular weight excluding hydrogens is 537 g/mol. The van der Waals surface area contributed by atoms with E-state index in [1.807, 2.05) is 13.0 Å². The first-order chi connectivity index (χ1) is 20.4. The number of carbonyl (C=O) groups is 1. The normalized spacial score (nSPS) is 19.3. The number of benzene rings is 1. The van der Waals surface area contributed by atoms with E-state index < -0.39 is 0 Å². The highest BCUT2D eigenvalue weighted by atomic mass is 19.1. The molecule has 2 aromatic heterocycles. The van der Waals surface area contributed by atoms with Crippen molar-refractivity contribution in [2.45, 2.75) is 51.0 Å². The van der Waals surface area contributed by atoms with E-state index in [0.29, 0.717) is 57.2 Å². The first-order valence-corrected chi connectivity index (χ1v) is 14.4. The summed E-state index contributed by atoms with van der Waals surface area (Å²) < 4.78 is 27.0. The van der Waals surface area contributed by atoms with Crippen molar-refractivity contribution in [3.63, 3.8) is 0 Å². The van der Waals surface area contributed by atoms with Crippen molar-refractivity contribution in [2.24, 2.45) is 0 Å². The molecule has 1 saturated heterocycles. The van der Waals surface area contributed by atoms with Gasteiger partial charge >= 0.3 is 6.01 Å². The summed E-state index contributed by atoms with van der Waals surface area (Å²) in [5, 5.41) is 1.28. The van der Waals surface area contributed by atoms with Crippen LogP contribution in [0.2, 0.25) is 0 Å². The number of carbonyl (C=O) groups excluding carboxylic acids is 1. The minimum atomic E-state index is -0.287. The highest BCUT2D eigenvalue weighted by Crippen LogP contribution is 2.35. The molecule has 6 rings (SSSR count). The maximum Gasteiger partial charge on any atom is 0.319 e. The summed E-state index contributed by atoms with van der Waals surface area (Å²) in [6, 6.07) is 4.99. The van der Waals surface area contributed by atoms with Crippen molar-refractivity contribution in [1.82, 2.24) is 19.9 Å². The Labute approximate surface area is 244 Å². The molecule has 1 aliphatic carbocycles. The molecule has 2 aliphatic heterocycles. The van der Waals surface area contributed by atoms with Crippen molar-refractivity contribution in [3.05, 3.63) is 71.7 Å². The maximum absolute atomic E-state index is 15.0.